The predicted molar refractivity (Wildman–Crippen MR) is 91.2 cm³/mol. The average Bonchev–Trinajstić information content (AvgIpc) is 3.04. The second-order valence-corrected chi connectivity index (χ2v) is 6.03. The second-order valence-electron chi connectivity index (χ2n) is 6.03. The number of nitrogens with one attached hydrogen (secondary N) is 2. The Morgan fingerprint density at radius 1 is 0.700 bits per heavy atom. The lowest BCUT2D eigenvalue weighted by Crippen LogP contribution is -2.23. The summed E-state index contributed by atoms with van der Waals surface area (Å²) in [5.41, 5.74) is -2.41. The highest BCUT2D eigenvalue weighted by molar-refractivity contribution is 6.04. The predicted octanol–water partition coefficient (Wildman–Crippen LogP) is 3.28. The van der Waals surface area contributed by atoms with E-state index in [1.54, 1.807) is 0 Å². The van der Waals surface area contributed by atoms with Crippen molar-refractivity contribution in [3.8, 4) is 0 Å². The van der Waals surface area contributed by atoms with E-state index >= 15 is 0 Å². The minimum Gasteiger partial charge on any atom is -0.320 e. The molecule has 2 aromatic rings. The summed E-state index contributed by atoms with van der Waals surface area (Å²) in [6.07, 6.45) is 0. The molecule has 156 valence electrons. The third-order valence-corrected chi connectivity index (χ3v) is 4.17. The zero-order valence-electron chi connectivity index (χ0n) is 14.3. The van der Waals surface area contributed by atoms with Crippen LogP contribution in [-0.2, 0) is 21.4 Å². The molecular weight excluding hydrogens is 420 g/mol. The lowest BCUT2D eigenvalue weighted by Gasteiger charge is -2.05. The summed E-state index contributed by atoms with van der Waals surface area (Å²) in [5.74, 6) is -10.3. The Kier molecular flexibility index (Phi) is 4.64. The molecule has 0 aliphatic carbocycles. The van der Waals surface area contributed by atoms with Gasteiger partial charge in [-0.3, -0.25) is 29.8 Å². The number of hydrogen-bond donors (Lipinski definition) is 2. The van der Waals surface area contributed by atoms with E-state index in [4.69, 9.17) is 0 Å². The van der Waals surface area contributed by atoms with Crippen LogP contribution < -0.4 is 10.6 Å². The van der Waals surface area contributed by atoms with Gasteiger partial charge in [0.25, 0.3) is 23.2 Å². The molecule has 0 bridgehead atoms. The van der Waals surface area contributed by atoms with Gasteiger partial charge in [0.1, 0.15) is 0 Å². The molecule has 2 aliphatic rings. The van der Waals surface area contributed by atoms with Crippen molar-refractivity contribution < 1.29 is 37.0 Å². The summed E-state index contributed by atoms with van der Waals surface area (Å²) in [4.78, 5) is 40.7. The van der Waals surface area contributed by atoms with E-state index in [0.29, 0.717) is 12.1 Å². The fourth-order valence-corrected chi connectivity index (χ4v) is 2.68. The van der Waals surface area contributed by atoms with E-state index < -0.39 is 56.0 Å². The van der Waals surface area contributed by atoms with Gasteiger partial charge in [-0.1, -0.05) is 0 Å². The standard InChI is InChI=1S/2C8H4F2N2O3/c2*9-8(10)5-3-4(12(14)15)1-2-6(5)11-7(8)13/h2*1-3H,(H,11,13). The SMILES string of the molecule is O=C1Nc2ccc([N+](=O)[O-])cc2C1(F)F.O=C1Nc2ccc([N+](=O)[O-])cc2C1(F)F. The van der Waals surface area contributed by atoms with Crippen LogP contribution in [0.1, 0.15) is 11.1 Å². The van der Waals surface area contributed by atoms with Crippen LogP contribution in [0.15, 0.2) is 36.4 Å². The van der Waals surface area contributed by atoms with Crippen molar-refractivity contribution in [3.63, 3.8) is 0 Å². The number of amides is 2. The maximum atomic E-state index is 13.1. The molecule has 0 aromatic heterocycles. The Balaban J connectivity index is 0.000000171. The van der Waals surface area contributed by atoms with Gasteiger partial charge in [0.15, 0.2) is 0 Å². The molecule has 2 amide bonds. The summed E-state index contributed by atoms with van der Waals surface area (Å²) in [7, 11) is 0. The van der Waals surface area contributed by atoms with Gasteiger partial charge in [0.05, 0.1) is 32.3 Å². The number of fused-ring (bicyclic) bond motifs is 2. The van der Waals surface area contributed by atoms with E-state index in [0.717, 1.165) is 24.3 Å². The minimum absolute atomic E-state index is 0.0874. The average molecular weight is 428 g/mol. The lowest BCUT2D eigenvalue weighted by atomic mass is 10.1. The molecule has 0 fully saturated rings. The number of nitro groups is 2. The van der Waals surface area contributed by atoms with Gasteiger partial charge in [0.2, 0.25) is 0 Å². The van der Waals surface area contributed by atoms with Gasteiger partial charge in [-0.2, -0.15) is 17.6 Å². The van der Waals surface area contributed by atoms with Gasteiger partial charge in [-0.25, -0.2) is 0 Å². The molecule has 0 saturated heterocycles. The molecule has 0 spiro atoms. The van der Waals surface area contributed by atoms with Crippen LogP contribution in [0.4, 0.5) is 40.3 Å². The van der Waals surface area contributed by atoms with Crippen molar-refractivity contribution in [2.24, 2.45) is 0 Å². The summed E-state index contributed by atoms with van der Waals surface area (Å²) >= 11 is 0. The molecule has 2 aliphatic heterocycles. The normalized spacial score (nSPS) is 17.1. The fourth-order valence-electron chi connectivity index (χ4n) is 2.68. The first-order valence-electron chi connectivity index (χ1n) is 7.82. The molecule has 14 heteroatoms. The van der Waals surface area contributed by atoms with Crippen LogP contribution >= 0.6 is 0 Å². The van der Waals surface area contributed by atoms with Gasteiger partial charge in [-0.15, -0.1) is 0 Å². The van der Waals surface area contributed by atoms with Gasteiger partial charge >= 0.3 is 11.8 Å². The van der Waals surface area contributed by atoms with Crippen molar-refractivity contribution in [1.82, 2.24) is 0 Å². The maximum Gasteiger partial charge on any atom is 0.352 e. The highest BCUT2D eigenvalue weighted by atomic mass is 19.3. The molecule has 30 heavy (non-hydrogen) atoms. The molecular formula is C16H8F4N4O6. The number of halogens is 4. The number of non-ortho nitro benzene ring substituents is 2. The first-order chi connectivity index (χ1) is 13.9. The molecule has 2 N–H and O–H groups in total. The van der Waals surface area contributed by atoms with E-state index in [1.807, 2.05) is 10.6 Å². The summed E-state index contributed by atoms with van der Waals surface area (Å²) < 4.78 is 52.6. The van der Waals surface area contributed by atoms with Crippen molar-refractivity contribution in [1.29, 1.82) is 0 Å². The third kappa shape index (κ3) is 3.27. The quantitative estimate of drug-likeness (QED) is 0.427. The number of carbonyl (C=O) groups is 2. The minimum atomic E-state index is -3.69. The van der Waals surface area contributed by atoms with Gasteiger partial charge < -0.3 is 10.6 Å². The number of hydrogen-bond acceptors (Lipinski definition) is 6. The van der Waals surface area contributed by atoms with E-state index in [-0.39, 0.29) is 11.4 Å². The van der Waals surface area contributed by atoms with Crippen LogP contribution in [0.25, 0.3) is 0 Å². The monoisotopic (exact) mass is 428 g/mol. The van der Waals surface area contributed by atoms with Crippen LogP contribution in [0.3, 0.4) is 0 Å². The van der Waals surface area contributed by atoms with E-state index in [2.05, 4.69) is 0 Å². The van der Waals surface area contributed by atoms with Crippen LogP contribution in [0, 0.1) is 20.2 Å². The Labute approximate surface area is 162 Å². The molecule has 0 unspecified atom stereocenters. The van der Waals surface area contributed by atoms with Crippen molar-refractivity contribution in [3.05, 3.63) is 67.8 Å². The lowest BCUT2D eigenvalue weighted by molar-refractivity contribution is -0.385. The highest BCUT2D eigenvalue weighted by Crippen LogP contribution is 2.42. The molecule has 2 aromatic carbocycles. The number of anilines is 2. The summed E-state index contributed by atoms with van der Waals surface area (Å²) in [6, 6.07) is 5.69. The number of alkyl halides is 4. The zero-order valence-corrected chi connectivity index (χ0v) is 14.3. The number of nitrogens with zero attached hydrogens (tertiary/aromatic N) is 2. The van der Waals surface area contributed by atoms with Crippen LogP contribution in [0.2, 0.25) is 0 Å². The Hall–Kier alpha value is -4.10. The topological polar surface area (TPSA) is 144 Å². The molecule has 0 saturated carbocycles. The molecule has 10 nitrogen and oxygen atoms in total. The van der Waals surface area contributed by atoms with Gasteiger partial charge in [0, 0.05) is 24.3 Å². The zero-order chi connectivity index (χ0) is 22.4. The molecule has 0 atom stereocenters. The fraction of sp³-hybridized carbons (Fsp3) is 0.125. The number of benzene rings is 2. The van der Waals surface area contributed by atoms with Crippen molar-refractivity contribution in [2.75, 3.05) is 10.6 Å². The van der Waals surface area contributed by atoms with Crippen LogP contribution in [-0.4, -0.2) is 21.7 Å². The van der Waals surface area contributed by atoms with E-state index in [1.165, 1.54) is 0 Å². The smallest absolute Gasteiger partial charge is 0.320 e. The van der Waals surface area contributed by atoms with Crippen molar-refractivity contribution >= 4 is 34.6 Å². The first kappa shape index (κ1) is 20.6. The summed E-state index contributed by atoms with van der Waals surface area (Å²) in [5, 5.41) is 24.6. The largest absolute Gasteiger partial charge is 0.352 e. The molecule has 0 radical (unpaired) electrons. The first-order valence-corrected chi connectivity index (χ1v) is 7.82. The number of rotatable bonds is 2. The van der Waals surface area contributed by atoms with Crippen molar-refractivity contribution in [2.45, 2.75) is 11.8 Å². The maximum absolute atomic E-state index is 13.1. The van der Waals surface area contributed by atoms with Gasteiger partial charge in [-0.05, 0) is 12.1 Å². The number of carbonyl (C=O) groups excluding carboxylic acids is 2. The molecule has 4 rings (SSSR count). The number of nitro benzene ring substituents is 2. The molecule has 2 heterocycles. The van der Waals surface area contributed by atoms with E-state index in [9.17, 15) is 47.4 Å². The Morgan fingerprint density at radius 2 is 1.03 bits per heavy atom. The third-order valence-electron chi connectivity index (χ3n) is 4.17. The summed E-state index contributed by atoms with van der Waals surface area (Å²) in [6.45, 7) is 0. The van der Waals surface area contributed by atoms with Crippen LogP contribution in [0.5, 0.6) is 0 Å². The highest BCUT2D eigenvalue weighted by Gasteiger charge is 2.49. The Bertz CT molecular complexity index is 1030. The Morgan fingerprint density at radius 3 is 1.33 bits per heavy atom. The second kappa shape index (κ2) is 6.75.